The summed E-state index contributed by atoms with van der Waals surface area (Å²) in [5.41, 5.74) is 1.93. The Balaban J connectivity index is 1.19. The number of nitro benzene ring substituents is 1. The number of anilines is 1. The third kappa shape index (κ3) is 5.73. The first-order chi connectivity index (χ1) is 18.5. The molecule has 1 aliphatic heterocycles. The van der Waals surface area contributed by atoms with Gasteiger partial charge in [-0.15, -0.1) is 11.8 Å². The number of ether oxygens (including phenoxy) is 2. The molecule has 0 bridgehead atoms. The number of aromatic nitrogens is 1. The van der Waals surface area contributed by atoms with Gasteiger partial charge < -0.3 is 24.7 Å². The van der Waals surface area contributed by atoms with Crippen LogP contribution >= 0.6 is 11.8 Å². The lowest BCUT2D eigenvalue weighted by Gasteiger charge is -2.19. The van der Waals surface area contributed by atoms with Crippen molar-refractivity contribution in [1.82, 2.24) is 9.88 Å². The van der Waals surface area contributed by atoms with Crippen molar-refractivity contribution in [2.75, 3.05) is 30.8 Å². The molecule has 11 heteroatoms. The van der Waals surface area contributed by atoms with Crippen molar-refractivity contribution >= 4 is 45.9 Å². The van der Waals surface area contributed by atoms with E-state index >= 15 is 0 Å². The monoisotopic (exact) mass is 532 g/mol. The fourth-order valence-corrected chi connectivity index (χ4v) is 4.99. The Morgan fingerprint density at radius 2 is 1.76 bits per heavy atom. The summed E-state index contributed by atoms with van der Waals surface area (Å²) in [6.45, 7) is 1.87. The summed E-state index contributed by atoms with van der Waals surface area (Å²) in [5, 5.41) is 17.6. The molecule has 4 aromatic rings. The molecule has 5 rings (SSSR count). The molecule has 0 spiro atoms. The second-order valence-corrected chi connectivity index (χ2v) is 9.48. The maximum Gasteiger partial charge on any atom is 0.269 e. The number of carbonyl (C=O) groups is 2. The molecule has 1 aliphatic rings. The zero-order valence-electron chi connectivity index (χ0n) is 20.2. The molecule has 0 aliphatic carbocycles. The molecule has 2 N–H and O–H groups in total. The minimum Gasteiger partial charge on any atom is -0.486 e. The number of nitrogens with one attached hydrogen (secondary N) is 2. The van der Waals surface area contributed by atoms with E-state index < -0.39 is 4.92 Å². The largest absolute Gasteiger partial charge is 0.486 e. The summed E-state index contributed by atoms with van der Waals surface area (Å²) in [6, 6.07) is 18.7. The number of hydrogen-bond donors (Lipinski definition) is 2. The van der Waals surface area contributed by atoms with E-state index in [9.17, 15) is 19.7 Å². The normalized spacial score (nSPS) is 12.2. The van der Waals surface area contributed by atoms with Crippen LogP contribution in [0.2, 0.25) is 0 Å². The van der Waals surface area contributed by atoms with Gasteiger partial charge in [0.15, 0.2) is 11.5 Å². The van der Waals surface area contributed by atoms with Gasteiger partial charge in [0.2, 0.25) is 5.91 Å². The van der Waals surface area contributed by atoms with Gasteiger partial charge in [-0.1, -0.05) is 18.2 Å². The van der Waals surface area contributed by atoms with Crippen molar-refractivity contribution in [3.63, 3.8) is 0 Å². The fourth-order valence-electron chi connectivity index (χ4n) is 4.10. The zero-order valence-corrected chi connectivity index (χ0v) is 21.0. The van der Waals surface area contributed by atoms with Crippen LogP contribution in [-0.2, 0) is 11.3 Å². The Bertz CT molecular complexity index is 1500. The highest BCUT2D eigenvalue weighted by atomic mass is 32.2. The number of fused-ring (bicyclic) bond motifs is 2. The molecule has 1 aromatic heterocycles. The highest BCUT2D eigenvalue weighted by Gasteiger charge is 2.15. The van der Waals surface area contributed by atoms with Gasteiger partial charge in [-0.3, -0.25) is 19.7 Å². The number of hydrogen-bond acceptors (Lipinski definition) is 7. The van der Waals surface area contributed by atoms with Crippen LogP contribution in [0.3, 0.4) is 0 Å². The maximum atomic E-state index is 12.6. The molecule has 2 amide bonds. The second-order valence-electron chi connectivity index (χ2n) is 8.46. The number of amides is 2. The summed E-state index contributed by atoms with van der Waals surface area (Å²) in [6.07, 6.45) is 1.98. The Kier molecular flexibility index (Phi) is 7.45. The first-order valence-electron chi connectivity index (χ1n) is 11.9. The molecule has 194 valence electrons. The summed E-state index contributed by atoms with van der Waals surface area (Å²) >= 11 is 1.44. The predicted molar refractivity (Wildman–Crippen MR) is 144 cm³/mol. The standard InChI is InChI=1S/C27H24N4O6S/c32-26(29-19-7-10-23-24(15-19)37-14-13-36-23)17-38-25-16-30(22-4-2-1-3-21(22)25)12-11-28-27(33)18-5-8-20(9-6-18)31(34)35/h1-10,15-16H,11-14,17H2,(H,28,33)(H,29,32). The molecule has 0 saturated heterocycles. The van der Waals surface area contributed by atoms with Crippen LogP contribution in [0, 0.1) is 10.1 Å². The predicted octanol–water partition coefficient (Wildman–Crippen LogP) is 4.48. The molecule has 0 saturated carbocycles. The minimum absolute atomic E-state index is 0.0645. The summed E-state index contributed by atoms with van der Waals surface area (Å²) < 4.78 is 13.1. The Hall–Kier alpha value is -4.51. The number of para-hydroxylation sites is 1. The number of thioether (sulfide) groups is 1. The molecule has 0 atom stereocenters. The van der Waals surface area contributed by atoms with E-state index in [4.69, 9.17) is 9.47 Å². The first-order valence-corrected chi connectivity index (χ1v) is 12.9. The topological polar surface area (TPSA) is 125 Å². The van der Waals surface area contributed by atoms with Gasteiger partial charge in [0.1, 0.15) is 13.2 Å². The number of rotatable bonds is 9. The van der Waals surface area contributed by atoms with Gasteiger partial charge in [-0.05, 0) is 30.3 Å². The van der Waals surface area contributed by atoms with Crippen LogP contribution in [0.1, 0.15) is 10.4 Å². The van der Waals surface area contributed by atoms with Gasteiger partial charge in [-0.25, -0.2) is 0 Å². The molecular weight excluding hydrogens is 508 g/mol. The fraction of sp³-hybridized carbons (Fsp3) is 0.185. The van der Waals surface area contributed by atoms with E-state index in [1.54, 1.807) is 18.2 Å². The molecule has 38 heavy (non-hydrogen) atoms. The number of nitrogens with zero attached hydrogens (tertiary/aromatic N) is 2. The van der Waals surface area contributed by atoms with E-state index in [0.717, 1.165) is 15.8 Å². The minimum atomic E-state index is -0.503. The number of carbonyl (C=O) groups excluding carboxylic acids is 2. The number of non-ortho nitro benzene ring substituents is 1. The van der Waals surface area contributed by atoms with Crippen LogP contribution in [0.5, 0.6) is 11.5 Å². The highest BCUT2D eigenvalue weighted by Crippen LogP contribution is 2.33. The van der Waals surface area contributed by atoms with E-state index in [1.807, 2.05) is 35.0 Å². The lowest BCUT2D eigenvalue weighted by atomic mass is 10.2. The quantitative estimate of drug-likeness (QED) is 0.185. The van der Waals surface area contributed by atoms with Crippen LogP contribution in [0.25, 0.3) is 10.9 Å². The molecule has 3 aromatic carbocycles. The van der Waals surface area contributed by atoms with Crippen molar-refractivity contribution in [2.24, 2.45) is 0 Å². The smallest absolute Gasteiger partial charge is 0.269 e. The van der Waals surface area contributed by atoms with Crippen molar-refractivity contribution in [3.05, 3.63) is 88.6 Å². The molecule has 0 radical (unpaired) electrons. The molecule has 0 unspecified atom stereocenters. The molecule has 10 nitrogen and oxygen atoms in total. The SMILES string of the molecule is O=C(CSc1cn(CCNC(=O)c2ccc([N+](=O)[O-])cc2)c2ccccc12)Nc1ccc2c(c1)OCCO2. The van der Waals surface area contributed by atoms with Crippen molar-refractivity contribution in [3.8, 4) is 11.5 Å². The lowest BCUT2D eigenvalue weighted by molar-refractivity contribution is -0.384. The van der Waals surface area contributed by atoms with Gasteiger partial charge in [0.05, 0.1) is 10.7 Å². The molecule has 2 heterocycles. The Labute approximate surface area is 222 Å². The third-order valence-corrected chi connectivity index (χ3v) is 6.96. The van der Waals surface area contributed by atoms with E-state index in [-0.39, 0.29) is 23.3 Å². The van der Waals surface area contributed by atoms with Crippen LogP contribution < -0.4 is 20.1 Å². The van der Waals surface area contributed by atoms with Crippen molar-refractivity contribution in [1.29, 1.82) is 0 Å². The zero-order chi connectivity index (χ0) is 26.5. The van der Waals surface area contributed by atoms with Crippen LogP contribution in [0.4, 0.5) is 11.4 Å². The first kappa shape index (κ1) is 25.2. The maximum absolute atomic E-state index is 12.6. The van der Waals surface area contributed by atoms with E-state index in [2.05, 4.69) is 10.6 Å². The van der Waals surface area contributed by atoms with E-state index in [1.165, 1.54) is 36.0 Å². The van der Waals surface area contributed by atoms with Gasteiger partial charge in [0.25, 0.3) is 11.6 Å². The average Bonchev–Trinajstić information content (AvgIpc) is 3.29. The highest BCUT2D eigenvalue weighted by molar-refractivity contribution is 8.00. The summed E-state index contributed by atoms with van der Waals surface area (Å²) in [7, 11) is 0. The Morgan fingerprint density at radius 3 is 2.55 bits per heavy atom. The molecular formula is C27H24N4O6S. The van der Waals surface area contributed by atoms with Gasteiger partial charge >= 0.3 is 0 Å². The number of nitro groups is 1. The second kappa shape index (κ2) is 11.3. The summed E-state index contributed by atoms with van der Waals surface area (Å²) in [5.74, 6) is 1.06. The summed E-state index contributed by atoms with van der Waals surface area (Å²) in [4.78, 5) is 36.3. The number of benzene rings is 3. The van der Waals surface area contributed by atoms with Gasteiger partial charge in [-0.2, -0.15) is 0 Å². The van der Waals surface area contributed by atoms with Crippen LogP contribution in [-0.4, -0.2) is 46.8 Å². The van der Waals surface area contributed by atoms with Crippen molar-refractivity contribution < 1.29 is 24.0 Å². The average molecular weight is 533 g/mol. The van der Waals surface area contributed by atoms with E-state index in [0.29, 0.717) is 49.1 Å². The van der Waals surface area contributed by atoms with Gasteiger partial charge in [0, 0.05) is 64.5 Å². The lowest BCUT2D eigenvalue weighted by Crippen LogP contribution is -2.27. The van der Waals surface area contributed by atoms with Crippen molar-refractivity contribution in [2.45, 2.75) is 11.4 Å². The molecule has 0 fully saturated rings. The van der Waals surface area contributed by atoms with Crippen LogP contribution in [0.15, 0.2) is 77.8 Å². The third-order valence-electron chi connectivity index (χ3n) is 5.92. The Morgan fingerprint density at radius 1 is 1.00 bits per heavy atom.